The Morgan fingerprint density at radius 1 is 1.42 bits per heavy atom. The van der Waals surface area contributed by atoms with Crippen LogP contribution in [-0.4, -0.2) is 19.9 Å². The largest absolute Gasteiger partial charge is 0.485 e. The zero-order chi connectivity index (χ0) is 13.8. The van der Waals surface area contributed by atoms with Crippen molar-refractivity contribution in [1.82, 2.24) is 14.8 Å². The van der Waals surface area contributed by atoms with Crippen molar-refractivity contribution in [2.75, 3.05) is 0 Å². The summed E-state index contributed by atoms with van der Waals surface area (Å²) in [6.45, 7) is 6.90. The number of ether oxygens (including phenoxy) is 1. The van der Waals surface area contributed by atoms with E-state index in [4.69, 9.17) is 4.74 Å². The van der Waals surface area contributed by atoms with Crippen LogP contribution in [0.2, 0.25) is 0 Å². The molecule has 0 aliphatic heterocycles. The Hall–Kier alpha value is -1.88. The number of benzene rings is 1. The lowest BCUT2D eigenvalue weighted by molar-refractivity contribution is 0.199. The number of aryl methyl sites for hydroxylation is 2. The average Bonchev–Trinajstić information content (AvgIpc) is 2.84. The van der Waals surface area contributed by atoms with E-state index < -0.39 is 6.10 Å². The Bertz CT molecular complexity index is 549. The van der Waals surface area contributed by atoms with Gasteiger partial charge in [-0.2, -0.15) is 5.10 Å². The number of aromatic nitrogens is 3. The molecular weight excluding hydrogens is 242 g/mol. The van der Waals surface area contributed by atoms with Crippen molar-refractivity contribution in [3.8, 4) is 5.75 Å². The summed E-state index contributed by atoms with van der Waals surface area (Å²) >= 11 is 0. The van der Waals surface area contributed by atoms with Crippen molar-refractivity contribution in [3.63, 3.8) is 0 Å². The predicted molar refractivity (Wildman–Crippen MR) is 71.8 cm³/mol. The fraction of sp³-hybridized carbons (Fsp3) is 0.429. The van der Waals surface area contributed by atoms with E-state index in [1.54, 1.807) is 11.6 Å². The molecule has 0 aliphatic carbocycles. The first kappa shape index (κ1) is 13.5. The van der Waals surface area contributed by atoms with Gasteiger partial charge in [-0.05, 0) is 44.0 Å². The molecule has 5 nitrogen and oxygen atoms in total. The molecule has 1 heterocycles. The fourth-order valence-corrected chi connectivity index (χ4v) is 1.90. The summed E-state index contributed by atoms with van der Waals surface area (Å²) < 4.78 is 7.56. The molecule has 102 valence electrons. The summed E-state index contributed by atoms with van der Waals surface area (Å²) in [7, 11) is 0. The third kappa shape index (κ3) is 3.12. The van der Waals surface area contributed by atoms with Crippen LogP contribution in [0.4, 0.5) is 0 Å². The number of hydrogen-bond donors (Lipinski definition) is 1. The lowest BCUT2D eigenvalue weighted by Gasteiger charge is -2.12. The van der Waals surface area contributed by atoms with Gasteiger partial charge in [0.25, 0.3) is 0 Å². The second-order valence-corrected chi connectivity index (χ2v) is 4.48. The normalized spacial score (nSPS) is 12.4. The molecule has 0 aliphatic rings. The molecule has 5 heteroatoms. The lowest BCUT2D eigenvalue weighted by atomic mass is 10.1. The van der Waals surface area contributed by atoms with Crippen LogP contribution >= 0.6 is 0 Å². The van der Waals surface area contributed by atoms with Crippen LogP contribution in [0.3, 0.4) is 0 Å². The first-order valence-electron chi connectivity index (χ1n) is 6.40. The molecule has 0 unspecified atom stereocenters. The van der Waals surface area contributed by atoms with Crippen LogP contribution in [0.5, 0.6) is 5.75 Å². The van der Waals surface area contributed by atoms with E-state index in [0.29, 0.717) is 6.61 Å². The van der Waals surface area contributed by atoms with Gasteiger partial charge in [-0.3, -0.25) is 0 Å². The Morgan fingerprint density at radius 3 is 2.84 bits per heavy atom. The van der Waals surface area contributed by atoms with Crippen LogP contribution in [0.25, 0.3) is 0 Å². The molecule has 1 atom stereocenters. The highest BCUT2D eigenvalue weighted by Crippen LogP contribution is 2.23. The SMILES string of the molecule is CCn1ncnc1COc1ccc([C@H](C)O)cc1C. The third-order valence-electron chi connectivity index (χ3n) is 3.03. The van der Waals surface area contributed by atoms with E-state index in [1.807, 2.05) is 32.0 Å². The minimum absolute atomic E-state index is 0.392. The van der Waals surface area contributed by atoms with Crippen molar-refractivity contribution in [1.29, 1.82) is 0 Å². The molecule has 0 saturated heterocycles. The quantitative estimate of drug-likeness (QED) is 0.896. The first-order valence-corrected chi connectivity index (χ1v) is 6.40. The van der Waals surface area contributed by atoms with Gasteiger partial charge in [-0.1, -0.05) is 6.07 Å². The summed E-state index contributed by atoms with van der Waals surface area (Å²) in [6.07, 6.45) is 1.07. The summed E-state index contributed by atoms with van der Waals surface area (Å²) in [4.78, 5) is 4.16. The van der Waals surface area contributed by atoms with E-state index in [0.717, 1.165) is 29.2 Å². The molecule has 1 aromatic carbocycles. The second-order valence-electron chi connectivity index (χ2n) is 4.48. The van der Waals surface area contributed by atoms with Gasteiger partial charge in [0.15, 0.2) is 5.82 Å². The first-order chi connectivity index (χ1) is 9.11. The highest BCUT2D eigenvalue weighted by molar-refractivity contribution is 5.36. The topological polar surface area (TPSA) is 60.2 Å². The number of nitrogens with zero attached hydrogens (tertiary/aromatic N) is 3. The van der Waals surface area contributed by atoms with Crippen LogP contribution in [-0.2, 0) is 13.2 Å². The van der Waals surface area contributed by atoms with Crippen molar-refractivity contribution in [2.24, 2.45) is 0 Å². The molecule has 0 bridgehead atoms. The summed E-state index contributed by atoms with van der Waals surface area (Å²) in [5.41, 5.74) is 1.89. The van der Waals surface area contributed by atoms with Crippen LogP contribution in [0.15, 0.2) is 24.5 Å². The maximum absolute atomic E-state index is 9.53. The molecule has 1 aromatic heterocycles. The molecule has 0 spiro atoms. The summed E-state index contributed by atoms with van der Waals surface area (Å²) in [5, 5.41) is 13.6. The van der Waals surface area contributed by atoms with Crippen molar-refractivity contribution >= 4 is 0 Å². The number of rotatable bonds is 5. The third-order valence-corrected chi connectivity index (χ3v) is 3.03. The van der Waals surface area contributed by atoms with Gasteiger partial charge in [-0.15, -0.1) is 0 Å². The number of aliphatic hydroxyl groups excluding tert-OH is 1. The van der Waals surface area contributed by atoms with Crippen LogP contribution < -0.4 is 4.74 Å². The molecule has 0 saturated carbocycles. The Labute approximate surface area is 112 Å². The summed E-state index contributed by atoms with van der Waals surface area (Å²) in [5.74, 6) is 1.61. The van der Waals surface area contributed by atoms with Gasteiger partial charge in [0, 0.05) is 6.54 Å². The molecule has 1 N–H and O–H groups in total. The Morgan fingerprint density at radius 2 is 2.21 bits per heavy atom. The molecule has 2 aromatic rings. The maximum atomic E-state index is 9.53. The van der Waals surface area contributed by atoms with E-state index in [-0.39, 0.29) is 0 Å². The van der Waals surface area contributed by atoms with Gasteiger partial charge in [-0.25, -0.2) is 9.67 Å². The Balaban J connectivity index is 2.08. The highest BCUT2D eigenvalue weighted by atomic mass is 16.5. The molecular formula is C14H19N3O2. The smallest absolute Gasteiger partial charge is 0.164 e. The second kappa shape index (κ2) is 5.84. The van der Waals surface area contributed by atoms with Gasteiger partial charge in [0.2, 0.25) is 0 Å². The molecule has 2 rings (SSSR count). The van der Waals surface area contributed by atoms with Gasteiger partial charge in [0.1, 0.15) is 18.7 Å². The van der Waals surface area contributed by atoms with Gasteiger partial charge in [0.05, 0.1) is 6.10 Å². The Kier molecular flexibility index (Phi) is 4.16. The van der Waals surface area contributed by atoms with Crippen molar-refractivity contribution in [3.05, 3.63) is 41.5 Å². The lowest BCUT2D eigenvalue weighted by Crippen LogP contribution is -2.07. The van der Waals surface area contributed by atoms with E-state index in [2.05, 4.69) is 10.1 Å². The standard InChI is InChI=1S/C14H19N3O2/c1-4-17-14(15-9-16-17)8-19-13-6-5-12(11(3)18)7-10(13)2/h5-7,9,11,18H,4,8H2,1-3H3/t11-/m0/s1. The molecule has 0 amide bonds. The van der Waals surface area contributed by atoms with Crippen LogP contribution in [0, 0.1) is 6.92 Å². The van der Waals surface area contributed by atoms with Gasteiger partial charge < -0.3 is 9.84 Å². The average molecular weight is 261 g/mol. The van der Waals surface area contributed by atoms with Crippen molar-refractivity contribution < 1.29 is 9.84 Å². The zero-order valence-corrected chi connectivity index (χ0v) is 11.5. The number of aliphatic hydroxyl groups is 1. The monoisotopic (exact) mass is 261 g/mol. The van der Waals surface area contributed by atoms with Gasteiger partial charge >= 0.3 is 0 Å². The predicted octanol–water partition coefficient (Wildman–Crippen LogP) is 2.24. The maximum Gasteiger partial charge on any atom is 0.164 e. The van der Waals surface area contributed by atoms with E-state index >= 15 is 0 Å². The molecule has 0 fully saturated rings. The fourth-order valence-electron chi connectivity index (χ4n) is 1.90. The minimum atomic E-state index is -0.462. The van der Waals surface area contributed by atoms with Crippen LogP contribution in [0.1, 0.15) is 36.9 Å². The zero-order valence-electron chi connectivity index (χ0n) is 11.5. The van der Waals surface area contributed by atoms with E-state index in [9.17, 15) is 5.11 Å². The van der Waals surface area contributed by atoms with Crippen molar-refractivity contribution in [2.45, 2.75) is 40.0 Å². The minimum Gasteiger partial charge on any atom is -0.485 e. The van der Waals surface area contributed by atoms with E-state index in [1.165, 1.54) is 6.33 Å². The summed E-state index contributed by atoms with van der Waals surface area (Å²) in [6, 6.07) is 5.69. The highest BCUT2D eigenvalue weighted by Gasteiger charge is 2.07. The number of hydrogen-bond acceptors (Lipinski definition) is 4. The molecule has 19 heavy (non-hydrogen) atoms. The molecule has 0 radical (unpaired) electrons.